The number of aryl methyl sites for hydroxylation is 1. The first-order chi connectivity index (χ1) is 11.1. The van der Waals surface area contributed by atoms with Crippen LogP contribution in [0.2, 0.25) is 0 Å². The summed E-state index contributed by atoms with van der Waals surface area (Å²) in [5, 5.41) is 6.71. The number of aromatic nitrogens is 2. The number of rotatable bonds is 2. The largest absolute Gasteiger partial charge is 0.340 e. The number of halogens is 1. The number of benzene rings is 1. The van der Waals surface area contributed by atoms with Crippen molar-refractivity contribution in [2.45, 2.75) is 38.6 Å². The molecule has 23 heavy (non-hydrogen) atoms. The fraction of sp³-hybridized carbons (Fsp3) is 0.438. The van der Waals surface area contributed by atoms with Gasteiger partial charge in [0.2, 0.25) is 5.89 Å². The predicted octanol–water partition coefficient (Wildman–Crippen LogP) is 3.67. The Hall–Kier alpha value is -2.44. The van der Waals surface area contributed by atoms with E-state index in [0.29, 0.717) is 23.9 Å². The van der Waals surface area contributed by atoms with Crippen molar-refractivity contribution >= 4 is 11.7 Å². The molecule has 6 nitrogen and oxygen atoms in total. The van der Waals surface area contributed by atoms with E-state index in [1.807, 2.05) is 0 Å². The minimum atomic E-state index is -0.385. The monoisotopic (exact) mass is 318 g/mol. The molecule has 1 aliphatic rings. The highest BCUT2D eigenvalue weighted by molar-refractivity contribution is 5.89. The number of anilines is 1. The Labute approximate surface area is 133 Å². The second-order valence-electron chi connectivity index (χ2n) is 5.67. The average molecular weight is 318 g/mol. The third-order valence-electron chi connectivity index (χ3n) is 3.93. The lowest BCUT2D eigenvalue weighted by Gasteiger charge is -2.28. The van der Waals surface area contributed by atoms with Crippen LogP contribution in [0.4, 0.5) is 14.9 Å². The number of urea groups is 1. The van der Waals surface area contributed by atoms with Gasteiger partial charge in [-0.15, -0.1) is 0 Å². The number of amides is 2. The molecule has 1 fully saturated rings. The van der Waals surface area contributed by atoms with E-state index in [2.05, 4.69) is 15.5 Å². The molecule has 2 aromatic rings. The van der Waals surface area contributed by atoms with Gasteiger partial charge in [0.15, 0.2) is 5.82 Å². The van der Waals surface area contributed by atoms with Gasteiger partial charge in [0, 0.05) is 19.2 Å². The summed E-state index contributed by atoms with van der Waals surface area (Å²) < 4.78 is 18.3. The molecule has 7 heteroatoms. The van der Waals surface area contributed by atoms with Crippen molar-refractivity contribution in [1.82, 2.24) is 15.0 Å². The third-order valence-corrected chi connectivity index (χ3v) is 3.93. The zero-order valence-corrected chi connectivity index (χ0v) is 13.0. The normalized spacial score (nSPS) is 18.5. The SMILES string of the molecule is Cc1nc([C@@H]2CCCCCN2C(=O)Nc2cccc(F)c2)no1. The molecule has 122 valence electrons. The number of carbonyl (C=O) groups is 1. The molecule has 2 amide bonds. The summed E-state index contributed by atoms with van der Waals surface area (Å²) in [6, 6.07) is 5.36. The van der Waals surface area contributed by atoms with Crippen LogP contribution in [0.5, 0.6) is 0 Å². The van der Waals surface area contributed by atoms with Crippen LogP contribution in [0, 0.1) is 12.7 Å². The van der Waals surface area contributed by atoms with Gasteiger partial charge in [-0.3, -0.25) is 0 Å². The Bertz CT molecular complexity index is 688. The molecular weight excluding hydrogens is 299 g/mol. The van der Waals surface area contributed by atoms with Crippen molar-refractivity contribution in [2.75, 3.05) is 11.9 Å². The van der Waals surface area contributed by atoms with Gasteiger partial charge in [-0.25, -0.2) is 9.18 Å². The summed E-state index contributed by atoms with van der Waals surface area (Å²) in [4.78, 5) is 18.6. The van der Waals surface area contributed by atoms with E-state index < -0.39 is 0 Å². The number of likely N-dealkylation sites (tertiary alicyclic amines) is 1. The Morgan fingerprint density at radius 2 is 2.26 bits per heavy atom. The second-order valence-corrected chi connectivity index (χ2v) is 5.67. The molecule has 1 aromatic carbocycles. The first-order valence-electron chi connectivity index (χ1n) is 7.77. The average Bonchev–Trinajstić information content (AvgIpc) is 2.81. The van der Waals surface area contributed by atoms with Gasteiger partial charge in [0.25, 0.3) is 0 Å². The van der Waals surface area contributed by atoms with E-state index in [4.69, 9.17) is 4.52 Å². The Kier molecular flexibility index (Phi) is 4.55. The number of nitrogens with one attached hydrogen (secondary N) is 1. The second kappa shape index (κ2) is 6.76. The fourth-order valence-electron chi connectivity index (χ4n) is 2.83. The van der Waals surface area contributed by atoms with Crippen LogP contribution in [-0.2, 0) is 0 Å². The van der Waals surface area contributed by atoms with Gasteiger partial charge in [0.05, 0.1) is 6.04 Å². The molecule has 3 rings (SSSR count). The highest BCUT2D eigenvalue weighted by Gasteiger charge is 2.30. The lowest BCUT2D eigenvalue weighted by Crippen LogP contribution is -2.38. The van der Waals surface area contributed by atoms with E-state index in [1.54, 1.807) is 24.0 Å². The Morgan fingerprint density at radius 3 is 3.00 bits per heavy atom. The molecule has 0 aliphatic carbocycles. The molecule has 1 aromatic heterocycles. The molecule has 0 bridgehead atoms. The summed E-state index contributed by atoms with van der Waals surface area (Å²) in [5.74, 6) is 0.623. The van der Waals surface area contributed by atoms with E-state index >= 15 is 0 Å². The quantitative estimate of drug-likeness (QED) is 0.917. The number of nitrogens with zero attached hydrogens (tertiary/aromatic N) is 3. The highest BCUT2D eigenvalue weighted by Crippen LogP contribution is 2.29. The van der Waals surface area contributed by atoms with Crippen LogP contribution < -0.4 is 5.32 Å². The molecule has 1 saturated heterocycles. The number of hydrogen-bond acceptors (Lipinski definition) is 4. The van der Waals surface area contributed by atoms with Crippen molar-refractivity contribution in [2.24, 2.45) is 0 Å². The topological polar surface area (TPSA) is 71.3 Å². The summed E-state index contributed by atoms with van der Waals surface area (Å²) in [6.07, 6.45) is 3.76. The Morgan fingerprint density at radius 1 is 1.39 bits per heavy atom. The smallest absolute Gasteiger partial charge is 0.322 e. The van der Waals surface area contributed by atoms with Crippen LogP contribution in [0.1, 0.15) is 43.4 Å². The molecule has 1 atom stereocenters. The van der Waals surface area contributed by atoms with Crippen LogP contribution in [0.25, 0.3) is 0 Å². The maximum Gasteiger partial charge on any atom is 0.322 e. The van der Waals surface area contributed by atoms with Gasteiger partial charge < -0.3 is 14.7 Å². The lowest BCUT2D eigenvalue weighted by molar-refractivity contribution is 0.184. The molecule has 0 unspecified atom stereocenters. The van der Waals surface area contributed by atoms with Crippen LogP contribution in [0.3, 0.4) is 0 Å². The van der Waals surface area contributed by atoms with Crippen molar-refractivity contribution in [3.05, 3.63) is 41.8 Å². The first-order valence-corrected chi connectivity index (χ1v) is 7.77. The Balaban J connectivity index is 1.80. The van der Waals surface area contributed by atoms with Crippen molar-refractivity contribution in [1.29, 1.82) is 0 Å². The zero-order valence-electron chi connectivity index (χ0n) is 13.0. The van der Waals surface area contributed by atoms with Crippen molar-refractivity contribution in [3.63, 3.8) is 0 Å². The van der Waals surface area contributed by atoms with Crippen LogP contribution in [-0.4, -0.2) is 27.6 Å². The molecule has 0 radical (unpaired) electrons. The summed E-state index contributed by atoms with van der Waals surface area (Å²) in [6.45, 7) is 2.34. The van der Waals surface area contributed by atoms with Crippen molar-refractivity contribution < 1.29 is 13.7 Å². The van der Waals surface area contributed by atoms with Gasteiger partial charge >= 0.3 is 6.03 Å². The van der Waals surface area contributed by atoms with E-state index in [9.17, 15) is 9.18 Å². The maximum atomic E-state index is 13.3. The molecule has 1 N–H and O–H groups in total. The maximum absolute atomic E-state index is 13.3. The molecule has 1 aliphatic heterocycles. The first kappa shape index (κ1) is 15.5. The minimum absolute atomic E-state index is 0.219. The molecule has 0 saturated carbocycles. The standard InChI is InChI=1S/C16H19FN4O2/c1-11-18-15(20-23-11)14-8-3-2-4-9-21(14)16(22)19-13-7-5-6-12(17)10-13/h5-7,10,14H,2-4,8-9H2,1H3,(H,19,22)/t14-/m0/s1. The van der Waals surface area contributed by atoms with Gasteiger partial charge in [-0.05, 0) is 31.0 Å². The van der Waals surface area contributed by atoms with Gasteiger partial charge in [-0.1, -0.05) is 24.1 Å². The highest BCUT2D eigenvalue weighted by atomic mass is 19.1. The lowest BCUT2D eigenvalue weighted by atomic mass is 10.1. The number of carbonyl (C=O) groups excluding carboxylic acids is 1. The number of hydrogen-bond donors (Lipinski definition) is 1. The van der Waals surface area contributed by atoms with Gasteiger partial charge in [0.1, 0.15) is 5.82 Å². The molecular formula is C16H19FN4O2. The summed E-state index contributed by atoms with van der Waals surface area (Å²) >= 11 is 0. The van der Waals surface area contributed by atoms with E-state index in [0.717, 1.165) is 25.7 Å². The zero-order chi connectivity index (χ0) is 16.2. The van der Waals surface area contributed by atoms with Crippen molar-refractivity contribution in [3.8, 4) is 0 Å². The summed E-state index contributed by atoms with van der Waals surface area (Å²) in [7, 11) is 0. The molecule has 0 spiro atoms. The summed E-state index contributed by atoms with van der Waals surface area (Å²) in [5.41, 5.74) is 0.433. The fourth-order valence-corrected chi connectivity index (χ4v) is 2.83. The molecule has 2 heterocycles. The van der Waals surface area contributed by atoms with E-state index in [1.165, 1.54) is 12.1 Å². The van der Waals surface area contributed by atoms with Crippen LogP contribution in [0.15, 0.2) is 28.8 Å². The van der Waals surface area contributed by atoms with Crippen LogP contribution >= 0.6 is 0 Å². The predicted molar refractivity (Wildman–Crippen MR) is 82.4 cm³/mol. The van der Waals surface area contributed by atoms with Gasteiger partial charge in [-0.2, -0.15) is 4.98 Å². The minimum Gasteiger partial charge on any atom is -0.340 e. The van der Waals surface area contributed by atoms with E-state index in [-0.39, 0.29) is 17.9 Å². The third kappa shape index (κ3) is 3.67.